The van der Waals surface area contributed by atoms with E-state index < -0.39 is 0 Å². The molecule has 0 saturated heterocycles. The molecule has 136 valence electrons. The van der Waals surface area contributed by atoms with Crippen molar-refractivity contribution in [2.24, 2.45) is 0 Å². The van der Waals surface area contributed by atoms with E-state index in [1.54, 1.807) is 32.5 Å². The number of ether oxygens (including phenoxy) is 2. The fourth-order valence-electron chi connectivity index (χ4n) is 2.96. The number of pyridine rings is 1. The van der Waals surface area contributed by atoms with Crippen molar-refractivity contribution in [3.8, 4) is 17.6 Å². The average molecular weight is 359 g/mol. The molecule has 1 unspecified atom stereocenters. The van der Waals surface area contributed by atoms with Gasteiger partial charge >= 0.3 is 0 Å². The van der Waals surface area contributed by atoms with Crippen LogP contribution in [0, 0.1) is 11.3 Å². The fourth-order valence-corrected chi connectivity index (χ4v) is 2.96. The van der Waals surface area contributed by atoms with Gasteiger partial charge in [-0.1, -0.05) is 36.4 Å². The highest BCUT2D eigenvalue weighted by Gasteiger charge is 2.16. The SMILES string of the molecule is COc1ccc(CC(Nc2ncccc2C#N)c2ccccc2)cc1OC. The third kappa shape index (κ3) is 4.36. The van der Waals surface area contributed by atoms with E-state index in [4.69, 9.17) is 9.47 Å². The van der Waals surface area contributed by atoms with Crippen LogP contribution in [0.1, 0.15) is 22.7 Å². The van der Waals surface area contributed by atoms with Crippen molar-refractivity contribution in [2.75, 3.05) is 19.5 Å². The van der Waals surface area contributed by atoms with E-state index in [1.807, 2.05) is 36.4 Å². The van der Waals surface area contributed by atoms with Crippen LogP contribution in [0.15, 0.2) is 66.9 Å². The minimum absolute atomic E-state index is 0.0497. The molecule has 1 N–H and O–H groups in total. The fraction of sp³-hybridized carbons (Fsp3) is 0.182. The van der Waals surface area contributed by atoms with Gasteiger partial charge in [0.25, 0.3) is 0 Å². The Morgan fingerprint density at radius 3 is 2.48 bits per heavy atom. The van der Waals surface area contributed by atoms with E-state index in [0.29, 0.717) is 29.3 Å². The van der Waals surface area contributed by atoms with E-state index in [2.05, 4.69) is 28.5 Å². The zero-order valence-corrected chi connectivity index (χ0v) is 15.3. The zero-order valence-electron chi connectivity index (χ0n) is 15.3. The summed E-state index contributed by atoms with van der Waals surface area (Å²) < 4.78 is 10.7. The average Bonchev–Trinajstić information content (AvgIpc) is 2.74. The predicted molar refractivity (Wildman–Crippen MR) is 105 cm³/mol. The zero-order chi connectivity index (χ0) is 19.1. The summed E-state index contributed by atoms with van der Waals surface area (Å²) in [5, 5.41) is 12.8. The van der Waals surface area contributed by atoms with E-state index in [0.717, 1.165) is 11.1 Å². The molecule has 3 rings (SSSR count). The molecule has 5 nitrogen and oxygen atoms in total. The van der Waals surface area contributed by atoms with Crippen LogP contribution in [0.5, 0.6) is 11.5 Å². The lowest BCUT2D eigenvalue weighted by atomic mass is 9.98. The molecule has 5 heteroatoms. The molecule has 1 aromatic heterocycles. The number of methoxy groups -OCH3 is 2. The van der Waals surface area contributed by atoms with Gasteiger partial charge in [-0.3, -0.25) is 0 Å². The summed E-state index contributed by atoms with van der Waals surface area (Å²) in [6.45, 7) is 0. The third-order valence-electron chi connectivity index (χ3n) is 4.33. The quantitative estimate of drug-likeness (QED) is 0.679. The summed E-state index contributed by atoms with van der Waals surface area (Å²) in [4.78, 5) is 4.34. The number of rotatable bonds is 7. The first kappa shape index (κ1) is 18.3. The second kappa shape index (κ2) is 8.72. The number of hydrogen-bond donors (Lipinski definition) is 1. The monoisotopic (exact) mass is 359 g/mol. The molecule has 0 amide bonds. The molecule has 0 aliphatic carbocycles. The number of nitriles is 1. The molecule has 0 bridgehead atoms. The first-order chi connectivity index (χ1) is 13.2. The van der Waals surface area contributed by atoms with Crippen LogP contribution in [0.25, 0.3) is 0 Å². The first-order valence-electron chi connectivity index (χ1n) is 8.62. The Bertz CT molecular complexity index is 936. The van der Waals surface area contributed by atoms with Crippen LogP contribution in [-0.4, -0.2) is 19.2 Å². The van der Waals surface area contributed by atoms with Gasteiger partial charge in [0.05, 0.1) is 25.8 Å². The van der Waals surface area contributed by atoms with Crippen LogP contribution in [-0.2, 0) is 6.42 Å². The van der Waals surface area contributed by atoms with Crippen LogP contribution in [0.3, 0.4) is 0 Å². The molecule has 2 aromatic carbocycles. The van der Waals surface area contributed by atoms with Gasteiger partial charge in [0.15, 0.2) is 11.5 Å². The predicted octanol–water partition coefficient (Wildman–Crippen LogP) is 4.37. The summed E-state index contributed by atoms with van der Waals surface area (Å²) in [5.74, 6) is 1.97. The summed E-state index contributed by atoms with van der Waals surface area (Å²) in [7, 11) is 3.25. The number of aromatic nitrogens is 1. The van der Waals surface area contributed by atoms with Gasteiger partial charge in [-0.05, 0) is 41.8 Å². The molecule has 1 heterocycles. The van der Waals surface area contributed by atoms with E-state index in [-0.39, 0.29) is 6.04 Å². The summed E-state index contributed by atoms with van der Waals surface area (Å²) in [5.41, 5.74) is 2.72. The molecule has 1 atom stereocenters. The smallest absolute Gasteiger partial charge is 0.160 e. The summed E-state index contributed by atoms with van der Waals surface area (Å²) in [6.07, 6.45) is 2.38. The number of benzene rings is 2. The Morgan fingerprint density at radius 2 is 1.78 bits per heavy atom. The molecular weight excluding hydrogens is 338 g/mol. The van der Waals surface area contributed by atoms with Gasteiger partial charge < -0.3 is 14.8 Å². The second-order valence-corrected chi connectivity index (χ2v) is 6.01. The van der Waals surface area contributed by atoms with E-state index >= 15 is 0 Å². The number of anilines is 1. The highest BCUT2D eigenvalue weighted by atomic mass is 16.5. The maximum Gasteiger partial charge on any atom is 0.160 e. The summed E-state index contributed by atoms with van der Waals surface area (Å²) in [6, 6.07) is 21.7. The maximum atomic E-state index is 9.36. The molecule has 3 aromatic rings. The highest BCUT2D eigenvalue weighted by molar-refractivity contribution is 5.53. The molecule has 0 aliphatic rings. The minimum Gasteiger partial charge on any atom is -0.493 e. The summed E-state index contributed by atoms with van der Waals surface area (Å²) >= 11 is 0. The van der Waals surface area contributed by atoms with Crippen molar-refractivity contribution in [3.63, 3.8) is 0 Å². The lowest BCUT2D eigenvalue weighted by Crippen LogP contribution is -2.15. The Hall–Kier alpha value is -3.52. The van der Waals surface area contributed by atoms with Crippen molar-refractivity contribution >= 4 is 5.82 Å². The highest BCUT2D eigenvalue weighted by Crippen LogP contribution is 2.31. The molecule has 0 saturated carbocycles. The van der Waals surface area contributed by atoms with Crippen LogP contribution in [0.4, 0.5) is 5.82 Å². The molecule has 0 aliphatic heterocycles. The van der Waals surface area contributed by atoms with Gasteiger partial charge in [-0.15, -0.1) is 0 Å². The Labute approximate surface area is 159 Å². The minimum atomic E-state index is -0.0497. The van der Waals surface area contributed by atoms with E-state index in [9.17, 15) is 5.26 Å². The number of nitrogens with zero attached hydrogens (tertiary/aromatic N) is 2. The molecule has 27 heavy (non-hydrogen) atoms. The molecule has 0 radical (unpaired) electrons. The Morgan fingerprint density at radius 1 is 1.00 bits per heavy atom. The van der Waals surface area contributed by atoms with Gasteiger partial charge in [0, 0.05) is 6.20 Å². The normalized spacial score (nSPS) is 11.3. The molecule has 0 fully saturated rings. The van der Waals surface area contributed by atoms with Crippen molar-refractivity contribution in [1.82, 2.24) is 4.98 Å². The number of nitrogens with one attached hydrogen (secondary N) is 1. The van der Waals surface area contributed by atoms with Crippen molar-refractivity contribution < 1.29 is 9.47 Å². The van der Waals surface area contributed by atoms with Crippen LogP contribution in [0.2, 0.25) is 0 Å². The van der Waals surface area contributed by atoms with Crippen LogP contribution < -0.4 is 14.8 Å². The molecular formula is C22H21N3O2. The topological polar surface area (TPSA) is 67.2 Å². The van der Waals surface area contributed by atoms with Gasteiger partial charge in [0.1, 0.15) is 11.9 Å². The number of hydrogen-bond acceptors (Lipinski definition) is 5. The lowest BCUT2D eigenvalue weighted by Gasteiger charge is -2.21. The van der Waals surface area contributed by atoms with Crippen molar-refractivity contribution in [3.05, 3.63) is 83.6 Å². The van der Waals surface area contributed by atoms with Gasteiger partial charge in [0.2, 0.25) is 0 Å². The molecule has 0 spiro atoms. The maximum absolute atomic E-state index is 9.36. The Kier molecular flexibility index (Phi) is 5.91. The largest absolute Gasteiger partial charge is 0.493 e. The standard InChI is InChI=1S/C22H21N3O2/c1-26-20-11-10-16(14-21(20)27-2)13-19(17-7-4-3-5-8-17)25-22-18(15-23)9-6-12-24-22/h3-12,14,19H,13H2,1-2H3,(H,24,25). The second-order valence-electron chi connectivity index (χ2n) is 6.01. The third-order valence-corrected chi connectivity index (χ3v) is 4.33. The van der Waals surface area contributed by atoms with Gasteiger partial charge in [-0.25, -0.2) is 4.98 Å². The van der Waals surface area contributed by atoms with Crippen molar-refractivity contribution in [1.29, 1.82) is 5.26 Å². The van der Waals surface area contributed by atoms with E-state index in [1.165, 1.54) is 0 Å². The van der Waals surface area contributed by atoms with Crippen molar-refractivity contribution in [2.45, 2.75) is 12.5 Å². The van der Waals surface area contributed by atoms with Gasteiger partial charge in [-0.2, -0.15) is 5.26 Å². The first-order valence-corrected chi connectivity index (χ1v) is 8.62. The Balaban J connectivity index is 1.93. The lowest BCUT2D eigenvalue weighted by molar-refractivity contribution is 0.354. The van der Waals surface area contributed by atoms with Crippen LogP contribution >= 0.6 is 0 Å².